The van der Waals surface area contributed by atoms with Crippen molar-refractivity contribution in [2.75, 3.05) is 31.1 Å². The third-order valence-corrected chi connectivity index (χ3v) is 5.53. The van der Waals surface area contributed by atoms with E-state index in [9.17, 15) is 14.9 Å². The normalized spacial score (nSPS) is 14.0. The van der Waals surface area contributed by atoms with Gasteiger partial charge in [-0.05, 0) is 23.3 Å². The molecule has 1 aliphatic heterocycles. The minimum absolute atomic E-state index is 0.0844. The lowest BCUT2D eigenvalue weighted by molar-refractivity contribution is -0.384. The molecule has 0 atom stereocenters. The number of benzene rings is 3. The Morgan fingerprint density at radius 3 is 1.73 bits per heavy atom. The fraction of sp³-hybridized carbons (Fsp3) is 0.208. The first-order chi connectivity index (χ1) is 14.6. The molecular weight excluding hydrogens is 378 g/mol. The summed E-state index contributed by atoms with van der Waals surface area (Å²) in [6.07, 6.45) is 0. The first-order valence-electron chi connectivity index (χ1n) is 10.0. The van der Waals surface area contributed by atoms with Crippen LogP contribution in [-0.4, -0.2) is 41.9 Å². The van der Waals surface area contributed by atoms with Gasteiger partial charge in [0.1, 0.15) is 0 Å². The molecule has 3 aromatic rings. The molecule has 0 radical (unpaired) electrons. The van der Waals surface area contributed by atoms with Crippen molar-refractivity contribution in [2.45, 2.75) is 5.92 Å². The van der Waals surface area contributed by atoms with Crippen LogP contribution in [0.5, 0.6) is 0 Å². The van der Waals surface area contributed by atoms with E-state index in [-0.39, 0.29) is 17.5 Å². The number of hydrogen-bond acceptors (Lipinski definition) is 4. The molecule has 0 N–H and O–H groups in total. The Kier molecular flexibility index (Phi) is 5.75. The highest BCUT2D eigenvalue weighted by Crippen LogP contribution is 2.28. The van der Waals surface area contributed by atoms with Gasteiger partial charge in [-0.3, -0.25) is 14.9 Å². The highest BCUT2D eigenvalue weighted by atomic mass is 16.6. The van der Waals surface area contributed by atoms with Crippen molar-refractivity contribution in [3.63, 3.8) is 0 Å². The summed E-state index contributed by atoms with van der Waals surface area (Å²) in [6, 6.07) is 26.4. The lowest BCUT2D eigenvalue weighted by atomic mass is 9.90. The fourth-order valence-electron chi connectivity index (χ4n) is 3.92. The number of piperazine rings is 1. The molecule has 6 heteroatoms. The Hall–Kier alpha value is -3.67. The molecule has 6 nitrogen and oxygen atoms in total. The number of nitrogens with zero attached hydrogens (tertiary/aromatic N) is 3. The minimum atomic E-state index is -0.395. The number of anilines is 1. The van der Waals surface area contributed by atoms with Gasteiger partial charge in [-0.2, -0.15) is 0 Å². The summed E-state index contributed by atoms with van der Waals surface area (Å²) < 4.78 is 0. The SMILES string of the molecule is O=C(C(c1ccccc1)c1ccccc1)N1CCN(c2ccc([N+](=O)[O-])cc2)CC1. The van der Waals surface area contributed by atoms with Gasteiger partial charge in [0.15, 0.2) is 0 Å². The lowest BCUT2D eigenvalue weighted by Crippen LogP contribution is -2.50. The van der Waals surface area contributed by atoms with Gasteiger partial charge >= 0.3 is 0 Å². The second-order valence-electron chi connectivity index (χ2n) is 7.34. The van der Waals surface area contributed by atoms with E-state index in [2.05, 4.69) is 4.90 Å². The minimum Gasteiger partial charge on any atom is -0.368 e. The van der Waals surface area contributed by atoms with Crippen LogP contribution in [0, 0.1) is 10.1 Å². The predicted octanol–water partition coefficient (Wildman–Crippen LogP) is 4.08. The van der Waals surface area contributed by atoms with Crippen molar-refractivity contribution in [3.05, 3.63) is 106 Å². The third-order valence-electron chi connectivity index (χ3n) is 5.53. The van der Waals surface area contributed by atoms with Crippen LogP contribution in [-0.2, 0) is 4.79 Å². The molecule has 0 unspecified atom stereocenters. The summed E-state index contributed by atoms with van der Waals surface area (Å²) in [6.45, 7) is 2.62. The van der Waals surface area contributed by atoms with Gasteiger partial charge in [-0.1, -0.05) is 60.7 Å². The Morgan fingerprint density at radius 2 is 1.27 bits per heavy atom. The van der Waals surface area contributed by atoms with Crippen LogP contribution < -0.4 is 4.90 Å². The van der Waals surface area contributed by atoms with E-state index < -0.39 is 4.92 Å². The molecule has 4 rings (SSSR count). The van der Waals surface area contributed by atoms with Gasteiger partial charge in [-0.25, -0.2) is 0 Å². The van der Waals surface area contributed by atoms with Gasteiger partial charge in [0.2, 0.25) is 5.91 Å². The summed E-state index contributed by atoms with van der Waals surface area (Å²) in [5.41, 5.74) is 3.01. The van der Waals surface area contributed by atoms with Crippen LogP contribution >= 0.6 is 0 Å². The number of non-ortho nitro benzene ring substituents is 1. The highest BCUT2D eigenvalue weighted by Gasteiger charge is 2.29. The van der Waals surface area contributed by atoms with E-state index in [0.717, 1.165) is 16.8 Å². The van der Waals surface area contributed by atoms with Crippen LogP contribution in [0.25, 0.3) is 0 Å². The molecule has 1 heterocycles. The first-order valence-corrected chi connectivity index (χ1v) is 10.0. The number of carbonyl (C=O) groups excluding carboxylic acids is 1. The third kappa shape index (κ3) is 4.17. The zero-order chi connectivity index (χ0) is 20.9. The van der Waals surface area contributed by atoms with E-state index in [1.165, 1.54) is 12.1 Å². The van der Waals surface area contributed by atoms with Crippen LogP contribution in [0.1, 0.15) is 17.0 Å². The summed E-state index contributed by atoms with van der Waals surface area (Å²) in [7, 11) is 0. The largest absolute Gasteiger partial charge is 0.368 e. The number of hydrogen-bond donors (Lipinski definition) is 0. The average Bonchev–Trinajstić information content (AvgIpc) is 2.81. The molecule has 30 heavy (non-hydrogen) atoms. The van der Waals surface area contributed by atoms with Crippen LogP contribution in [0.3, 0.4) is 0 Å². The monoisotopic (exact) mass is 401 g/mol. The molecule has 1 aliphatic rings. The fourth-order valence-corrected chi connectivity index (χ4v) is 3.92. The van der Waals surface area contributed by atoms with Crippen molar-refractivity contribution < 1.29 is 9.72 Å². The van der Waals surface area contributed by atoms with Gasteiger partial charge in [0.25, 0.3) is 5.69 Å². The lowest BCUT2D eigenvalue weighted by Gasteiger charge is -2.37. The van der Waals surface area contributed by atoms with Crippen LogP contribution in [0.15, 0.2) is 84.9 Å². The maximum Gasteiger partial charge on any atom is 0.269 e. The molecule has 1 fully saturated rings. The standard InChI is InChI=1S/C24H23N3O3/c28-24(23(19-7-3-1-4-8-19)20-9-5-2-6-10-20)26-17-15-25(16-18-26)21-11-13-22(14-12-21)27(29)30/h1-14,23H,15-18H2. The second kappa shape index (κ2) is 8.78. The number of nitro benzene ring substituents is 1. The van der Waals surface area contributed by atoms with Crippen molar-refractivity contribution in [1.29, 1.82) is 0 Å². The highest BCUT2D eigenvalue weighted by molar-refractivity contribution is 5.87. The van der Waals surface area contributed by atoms with Gasteiger partial charge in [0, 0.05) is 44.0 Å². The number of amides is 1. The zero-order valence-corrected chi connectivity index (χ0v) is 16.6. The van der Waals surface area contributed by atoms with E-state index in [4.69, 9.17) is 0 Å². The smallest absolute Gasteiger partial charge is 0.269 e. The molecule has 0 bridgehead atoms. The summed E-state index contributed by atoms with van der Waals surface area (Å²) in [5, 5.41) is 10.9. The van der Waals surface area contributed by atoms with Crippen molar-refractivity contribution in [3.8, 4) is 0 Å². The number of rotatable bonds is 5. The molecule has 0 aromatic heterocycles. The maximum absolute atomic E-state index is 13.5. The number of nitro groups is 1. The van der Waals surface area contributed by atoms with Crippen molar-refractivity contribution in [2.24, 2.45) is 0 Å². The van der Waals surface area contributed by atoms with Crippen molar-refractivity contribution >= 4 is 17.3 Å². The topological polar surface area (TPSA) is 66.7 Å². The average molecular weight is 401 g/mol. The summed E-state index contributed by atoms with van der Waals surface area (Å²) >= 11 is 0. The summed E-state index contributed by atoms with van der Waals surface area (Å²) in [5.74, 6) is -0.214. The van der Waals surface area contributed by atoms with Crippen LogP contribution in [0.2, 0.25) is 0 Å². The van der Waals surface area contributed by atoms with E-state index in [1.54, 1.807) is 12.1 Å². The number of carbonyl (C=O) groups is 1. The van der Waals surface area contributed by atoms with E-state index in [1.807, 2.05) is 65.6 Å². The summed E-state index contributed by atoms with van der Waals surface area (Å²) in [4.78, 5) is 28.0. The molecule has 0 spiro atoms. The van der Waals surface area contributed by atoms with Gasteiger partial charge in [-0.15, -0.1) is 0 Å². The molecular formula is C24H23N3O3. The predicted molar refractivity (Wildman–Crippen MR) is 117 cm³/mol. The molecule has 3 aromatic carbocycles. The molecule has 152 valence electrons. The zero-order valence-electron chi connectivity index (χ0n) is 16.6. The Labute approximate surface area is 175 Å². The van der Waals surface area contributed by atoms with Crippen molar-refractivity contribution in [1.82, 2.24) is 4.90 Å². The first kappa shape index (κ1) is 19.6. The molecule has 0 saturated carbocycles. The van der Waals surface area contributed by atoms with Gasteiger partial charge in [0.05, 0.1) is 10.8 Å². The molecule has 0 aliphatic carbocycles. The molecule has 1 amide bonds. The second-order valence-corrected chi connectivity index (χ2v) is 7.34. The Balaban J connectivity index is 1.48. The quantitative estimate of drug-likeness (QED) is 0.477. The van der Waals surface area contributed by atoms with E-state index >= 15 is 0 Å². The van der Waals surface area contributed by atoms with E-state index in [0.29, 0.717) is 26.2 Å². The molecule has 1 saturated heterocycles. The van der Waals surface area contributed by atoms with Crippen LogP contribution in [0.4, 0.5) is 11.4 Å². The maximum atomic E-state index is 13.5. The van der Waals surface area contributed by atoms with Gasteiger partial charge < -0.3 is 9.80 Å². The Morgan fingerprint density at radius 1 is 0.767 bits per heavy atom. The Bertz CT molecular complexity index is 959.